The number of amides is 1. The van der Waals surface area contributed by atoms with Crippen molar-refractivity contribution in [3.05, 3.63) is 0 Å². The van der Waals surface area contributed by atoms with Crippen LogP contribution in [0.1, 0.15) is 20.8 Å². The summed E-state index contributed by atoms with van der Waals surface area (Å²) in [7, 11) is -3.53. The predicted molar refractivity (Wildman–Crippen MR) is 131 cm³/mol. The van der Waals surface area contributed by atoms with Gasteiger partial charge in [-0.1, -0.05) is 0 Å². The lowest BCUT2D eigenvalue weighted by Crippen LogP contribution is -2.33. The van der Waals surface area contributed by atoms with Gasteiger partial charge >= 0.3 is 6.09 Å². The molecule has 0 radical (unpaired) electrons. The van der Waals surface area contributed by atoms with Crippen molar-refractivity contribution in [2.24, 2.45) is 0 Å². The molecule has 0 aromatic rings. The van der Waals surface area contributed by atoms with Gasteiger partial charge < -0.3 is 43.2 Å². The Morgan fingerprint density at radius 3 is 1.39 bits per heavy atom. The highest BCUT2D eigenvalue weighted by molar-refractivity contribution is 7.86. The maximum Gasteiger partial charge on any atom is 0.407 e. The van der Waals surface area contributed by atoms with Crippen LogP contribution >= 0.6 is 0 Å². The third kappa shape index (κ3) is 27.5. The largest absolute Gasteiger partial charge is 0.450 e. The number of ether oxygens (including phenoxy) is 8. The van der Waals surface area contributed by atoms with Gasteiger partial charge in [0.25, 0.3) is 10.1 Å². The molecule has 0 aromatic carbocycles. The molecule has 0 unspecified atom stereocenters. The Labute approximate surface area is 215 Å². The molecule has 0 bridgehead atoms. The molecule has 0 atom stereocenters. The zero-order valence-corrected chi connectivity index (χ0v) is 22.9. The average Bonchev–Trinajstić information content (AvgIpc) is 2.78. The molecular formula is C22H45NO12S. The third-order valence-corrected chi connectivity index (χ3v) is 4.60. The zero-order valence-electron chi connectivity index (χ0n) is 22.1. The first-order valence-corrected chi connectivity index (χ1v) is 13.8. The summed E-state index contributed by atoms with van der Waals surface area (Å²) in [6, 6.07) is 0. The molecule has 0 saturated heterocycles. The molecule has 216 valence electrons. The predicted octanol–water partition coefficient (Wildman–Crippen LogP) is 0.604. The van der Waals surface area contributed by atoms with Crippen molar-refractivity contribution in [3.63, 3.8) is 0 Å². The molecule has 0 fully saturated rings. The Hall–Kier alpha value is -1.10. The number of nitrogens with one attached hydrogen (secondary N) is 1. The van der Waals surface area contributed by atoms with E-state index in [-0.39, 0.29) is 6.61 Å². The summed E-state index contributed by atoms with van der Waals surface area (Å²) in [6.07, 6.45) is 0.561. The standard InChI is InChI=1S/C22H45NO12S/c1-5-34-21(24)23-6-7-27-8-9-28-10-11-29-12-13-30-14-15-31-16-17-32-18-19-33-20-22(2,3)35-36(4,25)26/h5-20H2,1-4H3,(H,23,24). The Balaban J connectivity index is 3.21. The smallest absolute Gasteiger partial charge is 0.407 e. The fourth-order valence-electron chi connectivity index (χ4n) is 2.48. The number of hydrogen-bond donors (Lipinski definition) is 1. The van der Waals surface area contributed by atoms with Crippen molar-refractivity contribution >= 4 is 16.2 Å². The fraction of sp³-hybridized carbons (Fsp3) is 0.955. The molecule has 36 heavy (non-hydrogen) atoms. The van der Waals surface area contributed by atoms with E-state index in [1.165, 1.54) is 0 Å². The molecule has 14 heteroatoms. The first kappa shape index (κ1) is 34.9. The van der Waals surface area contributed by atoms with Crippen molar-refractivity contribution in [2.75, 3.05) is 112 Å². The van der Waals surface area contributed by atoms with Crippen LogP contribution in [0.25, 0.3) is 0 Å². The zero-order chi connectivity index (χ0) is 27.0. The van der Waals surface area contributed by atoms with Crippen LogP contribution in [-0.4, -0.2) is 132 Å². The second-order valence-electron chi connectivity index (χ2n) is 7.92. The van der Waals surface area contributed by atoms with Gasteiger partial charge in [0.1, 0.15) is 5.60 Å². The lowest BCUT2D eigenvalue weighted by molar-refractivity contribution is -0.0346. The topological polar surface area (TPSA) is 146 Å². The van der Waals surface area contributed by atoms with Crippen LogP contribution in [0.15, 0.2) is 0 Å². The molecule has 0 saturated carbocycles. The fourth-order valence-corrected chi connectivity index (χ4v) is 3.35. The van der Waals surface area contributed by atoms with Gasteiger partial charge in [-0.15, -0.1) is 0 Å². The molecule has 0 aliphatic heterocycles. The van der Waals surface area contributed by atoms with Crippen LogP contribution in [-0.2, 0) is 52.2 Å². The molecular weight excluding hydrogens is 502 g/mol. The number of hydrogen-bond acceptors (Lipinski definition) is 12. The minimum Gasteiger partial charge on any atom is -0.450 e. The molecule has 13 nitrogen and oxygen atoms in total. The van der Waals surface area contributed by atoms with Crippen LogP contribution < -0.4 is 5.32 Å². The summed E-state index contributed by atoms with van der Waals surface area (Å²) in [5, 5.41) is 2.56. The lowest BCUT2D eigenvalue weighted by Gasteiger charge is -2.23. The Bertz CT molecular complexity index is 618. The minimum absolute atomic E-state index is 0.141. The summed E-state index contributed by atoms with van der Waals surface area (Å²) in [5.74, 6) is 0. The van der Waals surface area contributed by atoms with Gasteiger partial charge in [-0.25, -0.2) is 4.79 Å². The van der Waals surface area contributed by atoms with Gasteiger partial charge in [-0.2, -0.15) is 8.42 Å². The van der Waals surface area contributed by atoms with E-state index < -0.39 is 21.8 Å². The maximum atomic E-state index is 11.1. The summed E-state index contributed by atoms with van der Waals surface area (Å²) in [5.41, 5.74) is -0.919. The van der Waals surface area contributed by atoms with Crippen molar-refractivity contribution in [1.82, 2.24) is 5.32 Å². The van der Waals surface area contributed by atoms with Crippen LogP contribution in [0.5, 0.6) is 0 Å². The number of carbonyl (C=O) groups excluding carboxylic acids is 1. The van der Waals surface area contributed by atoms with Crippen molar-refractivity contribution < 1.29 is 55.3 Å². The third-order valence-electron chi connectivity index (χ3n) is 3.85. The average molecular weight is 548 g/mol. The second-order valence-corrected chi connectivity index (χ2v) is 9.50. The Morgan fingerprint density at radius 1 is 0.667 bits per heavy atom. The molecule has 0 aliphatic rings. The maximum absolute atomic E-state index is 11.1. The summed E-state index contributed by atoms with van der Waals surface area (Å²) in [4.78, 5) is 11.0. The lowest BCUT2D eigenvalue weighted by atomic mass is 10.2. The first-order valence-electron chi connectivity index (χ1n) is 12.0. The van der Waals surface area contributed by atoms with Crippen molar-refractivity contribution in [3.8, 4) is 0 Å². The van der Waals surface area contributed by atoms with Crippen LogP contribution in [0.4, 0.5) is 4.79 Å². The minimum atomic E-state index is -3.53. The molecule has 0 heterocycles. The monoisotopic (exact) mass is 547 g/mol. The normalized spacial score (nSPS) is 12.1. The molecule has 0 aliphatic carbocycles. The highest BCUT2D eigenvalue weighted by atomic mass is 32.2. The van der Waals surface area contributed by atoms with Gasteiger partial charge in [0.05, 0.1) is 105 Å². The van der Waals surface area contributed by atoms with E-state index in [2.05, 4.69) is 5.32 Å². The molecule has 0 rings (SSSR count). The molecule has 1 N–H and O–H groups in total. The molecule has 0 aromatic heterocycles. The van der Waals surface area contributed by atoms with E-state index in [9.17, 15) is 13.2 Å². The van der Waals surface area contributed by atoms with Gasteiger partial charge in [0.15, 0.2) is 0 Å². The van der Waals surface area contributed by atoms with E-state index in [0.717, 1.165) is 6.26 Å². The summed E-state index contributed by atoms with van der Waals surface area (Å²) < 4.78 is 69.6. The van der Waals surface area contributed by atoms with E-state index in [1.54, 1.807) is 20.8 Å². The molecule has 1 amide bonds. The first-order chi connectivity index (χ1) is 17.2. The highest BCUT2D eigenvalue weighted by Gasteiger charge is 2.24. The van der Waals surface area contributed by atoms with E-state index in [0.29, 0.717) is 99.0 Å². The summed E-state index contributed by atoms with van der Waals surface area (Å²) >= 11 is 0. The van der Waals surface area contributed by atoms with E-state index in [1.807, 2.05) is 0 Å². The Kier molecular flexibility index (Phi) is 22.3. The van der Waals surface area contributed by atoms with Crippen molar-refractivity contribution in [1.29, 1.82) is 0 Å². The highest BCUT2D eigenvalue weighted by Crippen LogP contribution is 2.12. The number of rotatable bonds is 26. The molecule has 0 spiro atoms. The van der Waals surface area contributed by atoms with Crippen molar-refractivity contribution in [2.45, 2.75) is 26.4 Å². The quantitative estimate of drug-likeness (QED) is 0.119. The van der Waals surface area contributed by atoms with Gasteiger partial charge in [0.2, 0.25) is 0 Å². The van der Waals surface area contributed by atoms with E-state index >= 15 is 0 Å². The number of alkyl carbamates (subject to hydrolysis) is 1. The van der Waals surface area contributed by atoms with Crippen LogP contribution in [0.3, 0.4) is 0 Å². The summed E-state index contributed by atoms with van der Waals surface area (Å²) in [6.45, 7) is 11.5. The Morgan fingerprint density at radius 2 is 1.03 bits per heavy atom. The second kappa shape index (κ2) is 23.0. The number of carbonyl (C=O) groups is 1. The van der Waals surface area contributed by atoms with E-state index in [4.69, 9.17) is 42.1 Å². The van der Waals surface area contributed by atoms with Crippen LogP contribution in [0.2, 0.25) is 0 Å². The van der Waals surface area contributed by atoms with Gasteiger partial charge in [-0.3, -0.25) is 4.18 Å². The van der Waals surface area contributed by atoms with Gasteiger partial charge in [-0.05, 0) is 20.8 Å². The van der Waals surface area contributed by atoms with Crippen LogP contribution in [0, 0.1) is 0 Å². The van der Waals surface area contributed by atoms with Gasteiger partial charge in [0, 0.05) is 6.54 Å². The SMILES string of the molecule is CCOC(=O)NCCOCCOCCOCCOCCOCCOCCOCC(C)(C)OS(C)(=O)=O.